The molecule has 2 aromatic carbocycles. The number of aryl methyl sites for hydroxylation is 1. The van der Waals surface area contributed by atoms with Crippen LogP contribution in [0.1, 0.15) is 18.4 Å². The minimum Gasteiger partial charge on any atom is -0.347 e. The molecule has 0 unspecified atom stereocenters. The van der Waals surface area contributed by atoms with Crippen LogP contribution in [0.2, 0.25) is 0 Å². The van der Waals surface area contributed by atoms with Crippen molar-refractivity contribution in [3.63, 3.8) is 0 Å². The third-order valence-corrected chi connectivity index (χ3v) is 4.54. The number of hydrogen-bond acceptors (Lipinski definition) is 5. The van der Waals surface area contributed by atoms with E-state index < -0.39 is 0 Å². The van der Waals surface area contributed by atoms with E-state index in [0.29, 0.717) is 18.1 Å². The Kier molecular flexibility index (Phi) is 5.47. The molecule has 29 heavy (non-hydrogen) atoms. The van der Waals surface area contributed by atoms with Crippen molar-refractivity contribution in [3.8, 4) is 22.6 Å². The largest absolute Gasteiger partial charge is 0.347 e. The summed E-state index contributed by atoms with van der Waals surface area (Å²) in [5.74, 6) is 0.762. The summed E-state index contributed by atoms with van der Waals surface area (Å²) in [5, 5.41) is 11.2. The van der Waals surface area contributed by atoms with Crippen molar-refractivity contribution in [2.24, 2.45) is 0 Å². The minimum atomic E-state index is -0.0919. The van der Waals surface area contributed by atoms with E-state index >= 15 is 0 Å². The molecule has 0 aliphatic rings. The van der Waals surface area contributed by atoms with Crippen LogP contribution in [0.5, 0.6) is 0 Å². The second kappa shape index (κ2) is 8.52. The summed E-state index contributed by atoms with van der Waals surface area (Å²) in [6.45, 7) is 3.04. The zero-order valence-corrected chi connectivity index (χ0v) is 16.1. The van der Waals surface area contributed by atoms with Crippen molar-refractivity contribution >= 4 is 5.91 Å². The quantitative estimate of drug-likeness (QED) is 0.525. The third kappa shape index (κ3) is 4.40. The smallest absolute Gasteiger partial charge is 0.246 e. The van der Waals surface area contributed by atoms with Gasteiger partial charge in [-0.15, -0.1) is 0 Å². The lowest BCUT2D eigenvalue weighted by atomic mass is 10.1. The van der Waals surface area contributed by atoms with E-state index in [1.165, 1.54) is 0 Å². The maximum Gasteiger partial charge on any atom is 0.246 e. The van der Waals surface area contributed by atoms with Crippen LogP contribution < -0.4 is 5.32 Å². The van der Waals surface area contributed by atoms with E-state index in [2.05, 4.69) is 27.5 Å². The number of amides is 1. The van der Waals surface area contributed by atoms with Gasteiger partial charge in [-0.05, 0) is 24.6 Å². The number of carbonyl (C=O) groups is 1. The highest BCUT2D eigenvalue weighted by Gasteiger charge is 2.12. The van der Waals surface area contributed by atoms with Crippen LogP contribution in [0, 0.1) is 0 Å². The Bertz CT molecular complexity index is 1100. The van der Waals surface area contributed by atoms with Crippen molar-refractivity contribution in [1.82, 2.24) is 25.2 Å². The molecule has 2 heterocycles. The fourth-order valence-corrected chi connectivity index (χ4v) is 3.11. The van der Waals surface area contributed by atoms with Crippen molar-refractivity contribution < 1.29 is 9.32 Å². The molecule has 146 valence electrons. The van der Waals surface area contributed by atoms with Gasteiger partial charge in [0.2, 0.25) is 17.6 Å². The van der Waals surface area contributed by atoms with Gasteiger partial charge in [0.05, 0.1) is 18.7 Å². The average molecular weight is 387 g/mol. The van der Waals surface area contributed by atoms with Crippen LogP contribution in [0.15, 0.2) is 71.4 Å². The Hall–Kier alpha value is -3.74. The van der Waals surface area contributed by atoms with Gasteiger partial charge in [-0.2, -0.15) is 10.1 Å². The van der Waals surface area contributed by atoms with E-state index in [4.69, 9.17) is 4.52 Å². The first-order valence-electron chi connectivity index (χ1n) is 9.49. The molecule has 0 aliphatic carbocycles. The van der Waals surface area contributed by atoms with E-state index in [1.807, 2.05) is 65.3 Å². The summed E-state index contributed by atoms with van der Waals surface area (Å²) in [7, 11) is 0. The molecule has 1 N–H and O–H groups in total. The Morgan fingerprint density at radius 1 is 1.07 bits per heavy atom. The zero-order chi connectivity index (χ0) is 20.1. The maximum atomic E-state index is 12.1. The molecule has 0 saturated heterocycles. The zero-order valence-electron chi connectivity index (χ0n) is 16.1. The number of carbonyl (C=O) groups excluding carboxylic acids is 1. The normalized spacial score (nSPS) is 10.8. The van der Waals surface area contributed by atoms with Gasteiger partial charge in [0, 0.05) is 23.9 Å². The van der Waals surface area contributed by atoms with Gasteiger partial charge in [-0.3, -0.25) is 9.48 Å². The lowest BCUT2D eigenvalue weighted by Gasteiger charge is -2.05. The van der Waals surface area contributed by atoms with Crippen LogP contribution in [-0.4, -0.2) is 25.8 Å². The number of hydrogen-bond donors (Lipinski definition) is 1. The topological polar surface area (TPSA) is 85.8 Å². The predicted molar refractivity (Wildman–Crippen MR) is 109 cm³/mol. The van der Waals surface area contributed by atoms with Crippen LogP contribution in [0.4, 0.5) is 0 Å². The SMILES string of the molecule is CCn1nccc1-c1cccc(-c2noc(CNC(=O)Cc3ccccc3)n2)c1. The van der Waals surface area contributed by atoms with E-state index in [9.17, 15) is 4.79 Å². The monoisotopic (exact) mass is 387 g/mol. The molecule has 0 aliphatic heterocycles. The second-order valence-electron chi connectivity index (χ2n) is 6.56. The first-order valence-corrected chi connectivity index (χ1v) is 9.49. The first kappa shape index (κ1) is 18.6. The first-order chi connectivity index (χ1) is 14.2. The van der Waals surface area contributed by atoms with Crippen molar-refractivity contribution in [2.45, 2.75) is 26.4 Å². The Morgan fingerprint density at radius 3 is 2.72 bits per heavy atom. The third-order valence-electron chi connectivity index (χ3n) is 4.54. The average Bonchev–Trinajstić information content (AvgIpc) is 3.42. The molecule has 2 aromatic heterocycles. The van der Waals surface area contributed by atoms with E-state index in [-0.39, 0.29) is 12.5 Å². The molecule has 0 fully saturated rings. The Balaban J connectivity index is 1.43. The highest BCUT2D eigenvalue weighted by atomic mass is 16.5. The van der Waals surface area contributed by atoms with E-state index in [1.54, 1.807) is 6.20 Å². The summed E-state index contributed by atoms with van der Waals surface area (Å²) >= 11 is 0. The van der Waals surface area contributed by atoms with Gasteiger partial charge < -0.3 is 9.84 Å². The molecule has 7 heteroatoms. The molecule has 7 nitrogen and oxygen atoms in total. The van der Waals surface area contributed by atoms with E-state index in [0.717, 1.165) is 28.9 Å². The molecule has 0 bridgehead atoms. The number of aromatic nitrogens is 4. The van der Waals surface area contributed by atoms with Gasteiger partial charge in [0.25, 0.3) is 0 Å². The molecular weight excluding hydrogens is 366 g/mol. The number of rotatable bonds is 7. The second-order valence-corrected chi connectivity index (χ2v) is 6.56. The van der Waals surface area contributed by atoms with Crippen LogP contribution >= 0.6 is 0 Å². The molecule has 0 spiro atoms. The molecule has 4 rings (SSSR count). The summed E-state index contributed by atoms with van der Waals surface area (Å²) in [6, 6.07) is 19.5. The predicted octanol–water partition coefficient (Wildman–Crippen LogP) is 3.48. The molecule has 0 radical (unpaired) electrons. The number of nitrogens with one attached hydrogen (secondary N) is 1. The van der Waals surface area contributed by atoms with Gasteiger partial charge in [0.15, 0.2) is 0 Å². The van der Waals surface area contributed by atoms with Gasteiger partial charge >= 0.3 is 0 Å². The van der Waals surface area contributed by atoms with Crippen molar-refractivity contribution in [1.29, 1.82) is 0 Å². The minimum absolute atomic E-state index is 0.0919. The van der Waals surface area contributed by atoms with Crippen LogP contribution in [-0.2, 0) is 24.3 Å². The summed E-state index contributed by atoms with van der Waals surface area (Å²) < 4.78 is 7.24. The van der Waals surface area contributed by atoms with Gasteiger partial charge in [-0.25, -0.2) is 0 Å². The summed E-state index contributed by atoms with van der Waals surface area (Å²) in [6.07, 6.45) is 2.10. The molecular formula is C22H21N5O2. The summed E-state index contributed by atoms with van der Waals surface area (Å²) in [4.78, 5) is 16.5. The molecule has 0 saturated carbocycles. The lowest BCUT2D eigenvalue weighted by molar-refractivity contribution is -0.120. The fourth-order valence-electron chi connectivity index (χ4n) is 3.11. The number of benzene rings is 2. The number of nitrogens with zero attached hydrogens (tertiary/aromatic N) is 4. The van der Waals surface area contributed by atoms with Crippen molar-refractivity contribution in [2.75, 3.05) is 0 Å². The Labute approximate surface area is 168 Å². The highest BCUT2D eigenvalue weighted by Crippen LogP contribution is 2.24. The molecule has 0 atom stereocenters. The summed E-state index contributed by atoms with van der Waals surface area (Å²) in [5.41, 5.74) is 3.87. The van der Waals surface area contributed by atoms with Gasteiger partial charge in [-0.1, -0.05) is 53.7 Å². The standard InChI is InChI=1S/C22H21N5O2/c1-2-27-19(11-12-24-27)17-9-6-10-18(14-17)22-25-21(29-26-22)15-23-20(28)13-16-7-4-3-5-8-16/h3-12,14H,2,13,15H2,1H3,(H,23,28). The fraction of sp³-hybridized carbons (Fsp3) is 0.182. The Morgan fingerprint density at radius 2 is 1.90 bits per heavy atom. The molecule has 1 amide bonds. The molecule has 4 aromatic rings. The highest BCUT2D eigenvalue weighted by molar-refractivity contribution is 5.78. The van der Waals surface area contributed by atoms with Gasteiger partial charge in [0.1, 0.15) is 0 Å². The maximum absolute atomic E-state index is 12.1. The van der Waals surface area contributed by atoms with Crippen LogP contribution in [0.25, 0.3) is 22.6 Å². The van der Waals surface area contributed by atoms with Crippen molar-refractivity contribution in [3.05, 3.63) is 78.3 Å². The lowest BCUT2D eigenvalue weighted by Crippen LogP contribution is -2.24. The van der Waals surface area contributed by atoms with Crippen LogP contribution in [0.3, 0.4) is 0 Å².